The van der Waals surface area contributed by atoms with Gasteiger partial charge in [0.2, 0.25) is 0 Å². The number of nitrogens with zero attached hydrogens (tertiary/aromatic N) is 2. The summed E-state index contributed by atoms with van der Waals surface area (Å²) in [5.74, 6) is 0. The average molecular weight is 265 g/mol. The molecule has 0 aliphatic carbocycles. The van der Waals surface area contributed by atoms with E-state index in [4.69, 9.17) is 4.74 Å². The molecule has 0 spiro atoms. The fourth-order valence-electron chi connectivity index (χ4n) is 2.37. The molecule has 1 unspecified atom stereocenters. The summed E-state index contributed by atoms with van der Waals surface area (Å²) in [5, 5.41) is 14.2. The minimum atomic E-state index is -0.322. The van der Waals surface area contributed by atoms with Crippen molar-refractivity contribution in [3.05, 3.63) is 28.3 Å². The summed E-state index contributed by atoms with van der Waals surface area (Å²) in [5.41, 5.74) is 1.35. The lowest BCUT2D eigenvalue weighted by molar-refractivity contribution is -0.383. The molecule has 6 nitrogen and oxygen atoms in total. The lowest BCUT2D eigenvalue weighted by Gasteiger charge is -2.34. The quantitative estimate of drug-likeness (QED) is 0.668. The lowest BCUT2D eigenvalue weighted by atomic mass is 10.1. The number of morpholine rings is 1. The first-order chi connectivity index (χ1) is 9.17. The Kier molecular flexibility index (Phi) is 4.21. The zero-order valence-corrected chi connectivity index (χ0v) is 11.3. The molecule has 1 aromatic rings. The first-order valence-electron chi connectivity index (χ1n) is 6.49. The first kappa shape index (κ1) is 13.6. The van der Waals surface area contributed by atoms with Crippen LogP contribution in [0.4, 0.5) is 17.1 Å². The molecule has 1 saturated heterocycles. The summed E-state index contributed by atoms with van der Waals surface area (Å²) in [6, 6.07) is 5.36. The molecule has 1 heterocycles. The number of nitro benzene ring substituents is 1. The standard InChI is InChI=1S/C13H19N3O3/c1-3-10-9-15(7-8-19-10)12-6-4-5-11(14-2)13(12)16(17)18/h4-6,10,14H,3,7-9H2,1-2H3. The number of ether oxygens (including phenoxy) is 1. The maximum Gasteiger partial charge on any atom is 0.315 e. The van der Waals surface area contributed by atoms with Crippen molar-refractivity contribution in [1.29, 1.82) is 0 Å². The molecule has 0 saturated carbocycles. The van der Waals surface area contributed by atoms with Crippen molar-refractivity contribution in [1.82, 2.24) is 0 Å². The second-order valence-corrected chi connectivity index (χ2v) is 4.53. The van der Waals surface area contributed by atoms with E-state index in [9.17, 15) is 10.1 Å². The summed E-state index contributed by atoms with van der Waals surface area (Å²) >= 11 is 0. The second kappa shape index (κ2) is 5.88. The summed E-state index contributed by atoms with van der Waals surface area (Å²) in [7, 11) is 1.69. The van der Waals surface area contributed by atoms with Gasteiger partial charge in [-0.25, -0.2) is 0 Å². The van der Waals surface area contributed by atoms with Gasteiger partial charge in [-0.2, -0.15) is 0 Å². The largest absolute Gasteiger partial charge is 0.382 e. The van der Waals surface area contributed by atoms with E-state index in [0.717, 1.165) is 6.42 Å². The summed E-state index contributed by atoms with van der Waals surface area (Å²) in [4.78, 5) is 13.0. The minimum absolute atomic E-state index is 0.141. The van der Waals surface area contributed by atoms with Gasteiger partial charge in [0.15, 0.2) is 0 Å². The number of hydrogen-bond donors (Lipinski definition) is 1. The lowest BCUT2D eigenvalue weighted by Crippen LogP contribution is -2.42. The average Bonchev–Trinajstić information content (AvgIpc) is 2.46. The van der Waals surface area contributed by atoms with Crippen LogP contribution in [0.2, 0.25) is 0 Å². The smallest absolute Gasteiger partial charge is 0.315 e. The highest BCUT2D eigenvalue weighted by Crippen LogP contribution is 2.36. The maximum atomic E-state index is 11.3. The molecule has 0 aromatic heterocycles. The number of nitrogens with one attached hydrogen (secondary N) is 1. The fraction of sp³-hybridized carbons (Fsp3) is 0.538. The molecule has 104 valence electrons. The van der Waals surface area contributed by atoms with Crippen LogP contribution in [0.25, 0.3) is 0 Å². The zero-order chi connectivity index (χ0) is 13.8. The SMILES string of the molecule is CCC1CN(c2cccc(NC)c2[N+](=O)[O-])CCO1. The van der Waals surface area contributed by atoms with Gasteiger partial charge in [0.05, 0.1) is 17.6 Å². The molecular weight excluding hydrogens is 246 g/mol. The number of benzene rings is 1. The molecule has 0 radical (unpaired) electrons. The van der Waals surface area contributed by atoms with Gasteiger partial charge >= 0.3 is 5.69 Å². The Bertz CT molecular complexity index is 464. The van der Waals surface area contributed by atoms with E-state index in [0.29, 0.717) is 31.1 Å². The van der Waals surface area contributed by atoms with Crippen molar-refractivity contribution in [2.75, 3.05) is 37.0 Å². The third-order valence-electron chi connectivity index (χ3n) is 3.40. The Morgan fingerprint density at radius 3 is 3.00 bits per heavy atom. The predicted molar refractivity (Wildman–Crippen MR) is 74.9 cm³/mol. The third kappa shape index (κ3) is 2.78. The molecular formula is C13H19N3O3. The Morgan fingerprint density at radius 2 is 2.37 bits per heavy atom. The van der Waals surface area contributed by atoms with E-state index in [2.05, 4.69) is 12.2 Å². The number of nitro groups is 1. The zero-order valence-electron chi connectivity index (χ0n) is 11.3. The molecule has 1 atom stereocenters. The molecule has 1 N–H and O–H groups in total. The fourth-order valence-corrected chi connectivity index (χ4v) is 2.37. The van der Waals surface area contributed by atoms with Gasteiger partial charge in [0.25, 0.3) is 0 Å². The highest BCUT2D eigenvalue weighted by molar-refractivity contribution is 5.77. The van der Waals surface area contributed by atoms with Gasteiger partial charge in [0.1, 0.15) is 11.4 Å². The maximum absolute atomic E-state index is 11.3. The molecule has 2 rings (SSSR count). The topological polar surface area (TPSA) is 67.6 Å². The summed E-state index contributed by atoms with van der Waals surface area (Å²) in [6.45, 7) is 4.06. The first-order valence-corrected chi connectivity index (χ1v) is 6.49. The van der Waals surface area contributed by atoms with Gasteiger partial charge in [-0.3, -0.25) is 10.1 Å². The number of anilines is 2. The van der Waals surface area contributed by atoms with Crippen molar-refractivity contribution >= 4 is 17.1 Å². The Hall–Kier alpha value is -1.82. The van der Waals surface area contributed by atoms with Crippen LogP contribution in [0.1, 0.15) is 13.3 Å². The third-order valence-corrected chi connectivity index (χ3v) is 3.40. The van der Waals surface area contributed by atoms with Gasteiger partial charge in [0, 0.05) is 20.1 Å². The van der Waals surface area contributed by atoms with E-state index >= 15 is 0 Å². The predicted octanol–water partition coefficient (Wildman–Crippen LogP) is 2.25. The van der Waals surface area contributed by atoms with Crippen molar-refractivity contribution in [2.24, 2.45) is 0 Å². The highest BCUT2D eigenvalue weighted by Gasteiger charge is 2.27. The van der Waals surface area contributed by atoms with Crippen LogP contribution in [0.3, 0.4) is 0 Å². The number of hydrogen-bond acceptors (Lipinski definition) is 5. The second-order valence-electron chi connectivity index (χ2n) is 4.53. The molecule has 6 heteroatoms. The van der Waals surface area contributed by atoms with E-state index in [1.54, 1.807) is 19.2 Å². The van der Waals surface area contributed by atoms with Crippen molar-refractivity contribution in [3.63, 3.8) is 0 Å². The minimum Gasteiger partial charge on any atom is -0.382 e. The monoisotopic (exact) mass is 265 g/mol. The number of para-hydroxylation sites is 1. The summed E-state index contributed by atoms with van der Waals surface area (Å²) in [6.07, 6.45) is 1.06. The Labute approximate surface area is 112 Å². The van der Waals surface area contributed by atoms with E-state index < -0.39 is 0 Å². The van der Waals surface area contributed by atoms with Gasteiger partial charge < -0.3 is 15.0 Å². The van der Waals surface area contributed by atoms with Crippen molar-refractivity contribution in [3.8, 4) is 0 Å². The van der Waals surface area contributed by atoms with Crippen LogP contribution in [0.5, 0.6) is 0 Å². The van der Waals surface area contributed by atoms with E-state index in [-0.39, 0.29) is 16.7 Å². The Morgan fingerprint density at radius 1 is 1.58 bits per heavy atom. The molecule has 0 bridgehead atoms. The molecule has 1 fully saturated rings. The van der Waals surface area contributed by atoms with Crippen LogP contribution in [-0.2, 0) is 4.74 Å². The van der Waals surface area contributed by atoms with Crippen LogP contribution in [-0.4, -0.2) is 37.8 Å². The molecule has 1 aliphatic heterocycles. The van der Waals surface area contributed by atoms with Gasteiger partial charge in [-0.1, -0.05) is 13.0 Å². The summed E-state index contributed by atoms with van der Waals surface area (Å²) < 4.78 is 5.61. The molecule has 1 aliphatic rings. The van der Waals surface area contributed by atoms with E-state index in [1.165, 1.54) is 0 Å². The van der Waals surface area contributed by atoms with Crippen molar-refractivity contribution in [2.45, 2.75) is 19.4 Å². The molecule has 19 heavy (non-hydrogen) atoms. The Balaban J connectivity index is 2.35. The van der Waals surface area contributed by atoms with Gasteiger partial charge in [-0.15, -0.1) is 0 Å². The van der Waals surface area contributed by atoms with Crippen molar-refractivity contribution < 1.29 is 9.66 Å². The molecule has 0 amide bonds. The molecule has 1 aromatic carbocycles. The normalized spacial score (nSPS) is 19.3. The van der Waals surface area contributed by atoms with E-state index in [1.807, 2.05) is 11.0 Å². The number of rotatable bonds is 4. The van der Waals surface area contributed by atoms with Crippen LogP contribution in [0, 0.1) is 10.1 Å². The van der Waals surface area contributed by atoms with Crippen LogP contribution in [0.15, 0.2) is 18.2 Å². The van der Waals surface area contributed by atoms with Gasteiger partial charge in [-0.05, 0) is 18.6 Å². The highest BCUT2D eigenvalue weighted by atomic mass is 16.6. The van der Waals surface area contributed by atoms with Crippen LogP contribution >= 0.6 is 0 Å². The van der Waals surface area contributed by atoms with Crippen LogP contribution < -0.4 is 10.2 Å².